The molecule has 0 bridgehead atoms. The standard InChI is InChI=1S/C10H23N3O/c1-4-5-6-12-10(14)8-13(3)9(2)7-11/h9H,4-8,11H2,1-3H3,(H,12,14). The maximum Gasteiger partial charge on any atom is 0.234 e. The van der Waals surface area contributed by atoms with Crippen molar-refractivity contribution in [3.8, 4) is 0 Å². The Morgan fingerprint density at radius 1 is 1.57 bits per heavy atom. The molecule has 0 radical (unpaired) electrons. The Labute approximate surface area is 86.8 Å². The van der Waals surface area contributed by atoms with E-state index in [4.69, 9.17) is 5.73 Å². The number of rotatable bonds is 7. The number of nitrogens with zero attached hydrogens (tertiary/aromatic N) is 1. The molecule has 84 valence electrons. The van der Waals surface area contributed by atoms with E-state index in [0.717, 1.165) is 19.4 Å². The number of carbonyl (C=O) groups is 1. The van der Waals surface area contributed by atoms with Gasteiger partial charge in [0.1, 0.15) is 0 Å². The van der Waals surface area contributed by atoms with E-state index in [-0.39, 0.29) is 11.9 Å². The van der Waals surface area contributed by atoms with Gasteiger partial charge in [0.15, 0.2) is 0 Å². The van der Waals surface area contributed by atoms with Crippen LogP contribution in [0, 0.1) is 0 Å². The summed E-state index contributed by atoms with van der Waals surface area (Å²) < 4.78 is 0. The van der Waals surface area contributed by atoms with Gasteiger partial charge >= 0.3 is 0 Å². The second-order valence-corrected chi connectivity index (χ2v) is 3.70. The number of hydrogen-bond acceptors (Lipinski definition) is 3. The highest BCUT2D eigenvalue weighted by molar-refractivity contribution is 5.77. The normalized spacial score (nSPS) is 12.9. The molecule has 0 aromatic heterocycles. The number of unbranched alkanes of at least 4 members (excludes halogenated alkanes) is 1. The summed E-state index contributed by atoms with van der Waals surface area (Å²) in [5.74, 6) is 0.0845. The van der Waals surface area contributed by atoms with Crippen molar-refractivity contribution in [2.45, 2.75) is 32.7 Å². The van der Waals surface area contributed by atoms with E-state index in [1.54, 1.807) is 0 Å². The van der Waals surface area contributed by atoms with Gasteiger partial charge in [-0.3, -0.25) is 9.69 Å². The molecule has 1 atom stereocenters. The van der Waals surface area contributed by atoms with Crippen molar-refractivity contribution < 1.29 is 4.79 Å². The van der Waals surface area contributed by atoms with Crippen LogP contribution in [0.3, 0.4) is 0 Å². The van der Waals surface area contributed by atoms with E-state index in [1.807, 2.05) is 18.9 Å². The Morgan fingerprint density at radius 3 is 2.71 bits per heavy atom. The first-order valence-electron chi connectivity index (χ1n) is 5.28. The first kappa shape index (κ1) is 13.4. The molecule has 0 saturated carbocycles. The third-order valence-corrected chi connectivity index (χ3v) is 2.34. The molecule has 0 rings (SSSR count). The fourth-order valence-electron chi connectivity index (χ4n) is 1.02. The third kappa shape index (κ3) is 5.94. The smallest absolute Gasteiger partial charge is 0.234 e. The second kappa shape index (κ2) is 7.76. The van der Waals surface area contributed by atoms with Crippen molar-refractivity contribution in [1.82, 2.24) is 10.2 Å². The molecule has 0 heterocycles. The topological polar surface area (TPSA) is 58.4 Å². The first-order valence-corrected chi connectivity index (χ1v) is 5.28. The largest absolute Gasteiger partial charge is 0.355 e. The lowest BCUT2D eigenvalue weighted by molar-refractivity contribution is -0.122. The van der Waals surface area contributed by atoms with E-state index in [9.17, 15) is 4.79 Å². The molecule has 0 aromatic rings. The van der Waals surface area contributed by atoms with Crippen LogP contribution >= 0.6 is 0 Å². The van der Waals surface area contributed by atoms with Crippen LogP contribution in [-0.2, 0) is 4.79 Å². The van der Waals surface area contributed by atoms with E-state index < -0.39 is 0 Å². The molecule has 0 aliphatic heterocycles. The number of nitrogens with two attached hydrogens (primary N) is 1. The molecule has 0 spiro atoms. The fraction of sp³-hybridized carbons (Fsp3) is 0.900. The summed E-state index contributed by atoms with van der Waals surface area (Å²) in [5, 5.41) is 2.87. The molecule has 1 amide bonds. The van der Waals surface area contributed by atoms with Gasteiger partial charge in [-0.2, -0.15) is 0 Å². The van der Waals surface area contributed by atoms with Gasteiger partial charge in [0.2, 0.25) is 5.91 Å². The number of carbonyl (C=O) groups excluding carboxylic acids is 1. The van der Waals surface area contributed by atoms with Gasteiger partial charge in [0.25, 0.3) is 0 Å². The third-order valence-electron chi connectivity index (χ3n) is 2.34. The summed E-state index contributed by atoms with van der Waals surface area (Å²) in [5.41, 5.74) is 5.50. The molecular weight excluding hydrogens is 178 g/mol. The van der Waals surface area contributed by atoms with Crippen LogP contribution in [0.2, 0.25) is 0 Å². The monoisotopic (exact) mass is 201 g/mol. The van der Waals surface area contributed by atoms with Crippen LogP contribution in [0.1, 0.15) is 26.7 Å². The molecule has 4 nitrogen and oxygen atoms in total. The van der Waals surface area contributed by atoms with Gasteiger partial charge in [-0.1, -0.05) is 13.3 Å². The maximum absolute atomic E-state index is 11.4. The summed E-state index contributed by atoms with van der Waals surface area (Å²) >= 11 is 0. The summed E-state index contributed by atoms with van der Waals surface area (Å²) in [7, 11) is 1.91. The van der Waals surface area contributed by atoms with Crippen LogP contribution in [0.5, 0.6) is 0 Å². The first-order chi connectivity index (χ1) is 6.61. The molecule has 3 N–H and O–H groups in total. The molecule has 0 fully saturated rings. The second-order valence-electron chi connectivity index (χ2n) is 3.70. The minimum atomic E-state index is 0.0845. The van der Waals surface area contributed by atoms with Crippen LogP contribution in [0.25, 0.3) is 0 Å². The average Bonchev–Trinajstić information content (AvgIpc) is 2.16. The van der Waals surface area contributed by atoms with Gasteiger partial charge < -0.3 is 11.1 Å². The van der Waals surface area contributed by atoms with Crippen LogP contribution in [-0.4, -0.2) is 43.5 Å². The van der Waals surface area contributed by atoms with E-state index in [2.05, 4.69) is 12.2 Å². The van der Waals surface area contributed by atoms with Crippen molar-refractivity contribution in [3.05, 3.63) is 0 Å². The highest BCUT2D eigenvalue weighted by Gasteiger charge is 2.10. The Bertz CT molecular complexity index is 161. The number of hydrogen-bond donors (Lipinski definition) is 2. The average molecular weight is 201 g/mol. The van der Waals surface area contributed by atoms with E-state index in [0.29, 0.717) is 13.1 Å². The van der Waals surface area contributed by atoms with Gasteiger partial charge in [-0.25, -0.2) is 0 Å². The van der Waals surface area contributed by atoms with Gasteiger partial charge in [-0.15, -0.1) is 0 Å². The minimum Gasteiger partial charge on any atom is -0.355 e. The van der Waals surface area contributed by atoms with E-state index in [1.165, 1.54) is 0 Å². The van der Waals surface area contributed by atoms with Gasteiger partial charge in [0.05, 0.1) is 6.54 Å². The summed E-state index contributed by atoms with van der Waals surface area (Å²) in [6.07, 6.45) is 2.15. The van der Waals surface area contributed by atoms with Crippen molar-refractivity contribution in [1.29, 1.82) is 0 Å². The van der Waals surface area contributed by atoms with Crippen molar-refractivity contribution in [2.24, 2.45) is 5.73 Å². The van der Waals surface area contributed by atoms with Crippen molar-refractivity contribution in [2.75, 3.05) is 26.7 Å². The Balaban J connectivity index is 3.60. The molecular formula is C10H23N3O. The molecule has 14 heavy (non-hydrogen) atoms. The van der Waals surface area contributed by atoms with Gasteiger partial charge in [0, 0.05) is 19.1 Å². The number of nitrogens with one attached hydrogen (secondary N) is 1. The zero-order valence-corrected chi connectivity index (χ0v) is 9.55. The summed E-state index contributed by atoms with van der Waals surface area (Å²) in [6.45, 7) is 5.91. The van der Waals surface area contributed by atoms with Crippen LogP contribution in [0.15, 0.2) is 0 Å². The molecule has 4 heteroatoms. The zero-order valence-electron chi connectivity index (χ0n) is 9.55. The predicted molar refractivity (Wildman–Crippen MR) is 59.1 cm³/mol. The van der Waals surface area contributed by atoms with Gasteiger partial charge in [-0.05, 0) is 20.4 Å². The van der Waals surface area contributed by atoms with E-state index >= 15 is 0 Å². The quantitative estimate of drug-likeness (QED) is 0.578. The maximum atomic E-state index is 11.4. The molecule has 0 aliphatic rings. The Kier molecular flexibility index (Phi) is 7.42. The highest BCUT2D eigenvalue weighted by Crippen LogP contribution is 1.92. The molecule has 0 saturated heterocycles. The lowest BCUT2D eigenvalue weighted by Gasteiger charge is -2.22. The molecule has 1 unspecified atom stereocenters. The molecule has 0 aromatic carbocycles. The van der Waals surface area contributed by atoms with Crippen LogP contribution < -0.4 is 11.1 Å². The highest BCUT2D eigenvalue weighted by atomic mass is 16.2. The predicted octanol–water partition coefficient (Wildman–Crippen LogP) is 0.182. The zero-order chi connectivity index (χ0) is 11.0. The lowest BCUT2D eigenvalue weighted by atomic mass is 10.3. The minimum absolute atomic E-state index is 0.0845. The lowest BCUT2D eigenvalue weighted by Crippen LogP contribution is -2.42. The SMILES string of the molecule is CCCCNC(=O)CN(C)C(C)CN. The fourth-order valence-corrected chi connectivity index (χ4v) is 1.02. The Hall–Kier alpha value is -0.610. The van der Waals surface area contributed by atoms with Crippen molar-refractivity contribution >= 4 is 5.91 Å². The molecule has 0 aliphatic carbocycles. The number of amides is 1. The number of likely N-dealkylation sites (N-methyl/N-ethyl adjacent to an activating group) is 1. The summed E-state index contributed by atoms with van der Waals surface area (Å²) in [4.78, 5) is 13.3. The van der Waals surface area contributed by atoms with Crippen molar-refractivity contribution in [3.63, 3.8) is 0 Å². The Morgan fingerprint density at radius 2 is 2.21 bits per heavy atom. The van der Waals surface area contributed by atoms with Crippen LogP contribution in [0.4, 0.5) is 0 Å². The summed E-state index contributed by atoms with van der Waals surface area (Å²) in [6, 6.07) is 0.256.